The molecule has 32 heavy (non-hydrogen) atoms. The van der Waals surface area contributed by atoms with E-state index in [4.69, 9.17) is 9.47 Å². The van der Waals surface area contributed by atoms with Gasteiger partial charge in [0, 0.05) is 12.5 Å². The lowest BCUT2D eigenvalue weighted by Gasteiger charge is -2.22. The number of hydrogen-bond donors (Lipinski definition) is 3. The molecular formula is C24H26N2O6. The van der Waals surface area contributed by atoms with Crippen LogP contribution in [0.2, 0.25) is 0 Å². The Morgan fingerprint density at radius 2 is 1.72 bits per heavy atom. The summed E-state index contributed by atoms with van der Waals surface area (Å²) >= 11 is 0. The minimum atomic E-state index is -1.12. The molecule has 3 N–H and O–H groups in total. The van der Waals surface area contributed by atoms with Crippen LogP contribution in [0.15, 0.2) is 48.5 Å². The molecule has 8 heteroatoms. The molecule has 0 saturated carbocycles. The van der Waals surface area contributed by atoms with E-state index in [1.807, 2.05) is 36.4 Å². The van der Waals surface area contributed by atoms with Crippen molar-refractivity contribution in [3.05, 3.63) is 59.7 Å². The van der Waals surface area contributed by atoms with Gasteiger partial charge in [0.05, 0.1) is 6.04 Å². The second-order valence-electron chi connectivity index (χ2n) is 7.96. The molecule has 0 bridgehead atoms. The number of aliphatic carboxylic acids is 1. The number of amides is 2. The summed E-state index contributed by atoms with van der Waals surface area (Å²) in [5, 5.41) is 14.5. The first-order valence-electron chi connectivity index (χ1n) is 10.8. The van der Waals surface area contributed by atoms with E-state index in [-0.39, 0.29) is 19.1 Å². The van der Waals surface area contributed by atoms with Crippen molar-refractivity contribution in [1.82, 2.24) is 10.6 Å². The molecule has 0 unspecified atom stereocenters. The van der Waals surface area contributed by atoms with Gasteiger partial charge in [-0.05, 0) is 35.1 Å². The van der Waals surface area contributed by atoms with Crippen LogP contribution in [0.5, 0.6) is 0 Å². The Bertz CT molecular complexity index is 978. The van der Waals surface area contributed by atoms with E-state index in [0.29, 0.717) is 12.8 Å². The van der Waals surface area contributed by atoms with Gasteiger partial charge in [0.15, 0.2) is 6.10 Å². The fourth-order valence-corrected chi connectivity index (χ4v) is 4.40. The molecule has 2 aliphatic rings. The molecule has 0 radical (unpaired) electrons. The Labute approximate surface area is 185 Å². The van der Waals surface area contributed by atoms with Crippen molar-refractivity contribution in [3.63, 3.8) is 0 Å². The van der Waals surface area contributed by atoms with Gasteiger partial charge in [-0.1, -0.05) is 55.5 Å². The number of ether oxygens (including phenoxy) is 2. The van der Waals surface area contributed by atoms with Crippen LogP contribution in [0.4, 0.5) is 4.79 Å². The molecule has 1 aliphatic heterocycles. The number of nitrogens with one attached hydrogen (secondary N) is 2. The molecule has 0 aromatic heterocycles. The van der Waals surface area contributed by atoms with E-state index in [2.05, 4.69) is 22.8 Å². The Morgan fingerprint density at radius 1 is 1.09 bits per heavy atom. The summed E-state index contributed by atoms with van der Waals surface area (Å²) in [6, 6.07) is 14.6. The first-order valence-corrected chi connectivity index (χ1v) is 10.8. The van der Waals surface area contributed by atoms with Crippen molar-refractivity contribution < 1.29 is 29.0 Å². The van der Waals surface area contributed by atoms with Crippen molar-refractivity contribution in [2.75, 3.05) is 13.2 Å². The van der Waals surface area contributed by atoms with Crippen molar-refractivity contribution in [2.24, 2.45) is 0 Å². The normalized spacial score (nSPS) is 20.2. The van der Waals surface area contributed by atoms with Crippen LogP contribution >= 0.6 is 0 Å². The van der Waals surface area contributed by atoms with Crippen LogP contribution in [-0.2, 0) is 19.1 Å². The molecule has 0 spiro atoms. The Kier molecular flexibility index (Phi) is 6.41. The van der Waals surface area contributed by atoms with Crippen LogP contribution in [0, 0.1) is 0 Å². The van der Waals surface area contributed by atoms with Crippen molar-refractivity contribution in [3.8, 4) is 11.1 Å². The maximum absolute atomic E-state index is 12.6. The SMILES string of the molecule is CC[C@@H](NC(=O)OCC1c2ccccc2-c2ccccc21)C(=O)N[C@@H]1CCO[C@@H]1C(=O)O. The summed E-state index contributed by atoms with van der Waals surface area (Å²) in [7, 11) is 0. The zero-order valence-corrected chi connectivity index (χ0v) is 17.7. The zero-order chi connectivity index (χ0) is 22.7. The molecule has 4 rings (SSSR count). The van der Waals surface area contributed by atoms with Crippen LogP contribution in [-0.4, -0.2) is 54.5 Å². The Hall–Kier alpha value is -3.39. The summed E-state index contributed by atoms with van der Waals surface area (Å²) in [6.45, 7) is 2.17. The Morgan fingerprint density at radius 3 is 2.31 bits per heavy atom. The summed E-state index contributed by atoms with van der Waals surface area (Å²) in [5.74, 6) is -1.65. The zero-order valence-electron chi connectivity index (χ0n) is 17.7. The van der Waals surface area contributed by atoms with Crippen molar-refractivity contribution >= 4 is 18.0 Å². The first kappa shape index (κ1) is 21.8. The number of alkyl carbamates (subject to hydrolysis) is 1. The number of fused-ring (bicyclic) bond motifs is 3. The summed E-state index contributed by atoms with van der Waals surface area (Å²) < 4.78 is 10.7. The lowest BCUT2D eigenvalue weighted by atomic mass is 9.98. The molecule has 1 aliphatic carbocycles. The highest BCUT2D eigenvalue weighted by atomic mass is 16.5. The topological polar surface area (TPSA) is 114 Å². The van der Waals surface area contributed by atoms with Gasteiger partial charge in [-0.3, -0.25) is 4.79 Å². The van der Waals surface area contributed by atoms with E-state index >= 15 is 0 Å². The minimum Gasteiger partial charge on any atom is -0.479 e. The molecule has 168 valence electrons. The monoisotopic (exact) mass is 438 g/mol. The molecule has 1 heterocycles. The van der Waals surface area contributed by atoms with Crippen LogP contribution in [0.25, 0.3) is 11.1 Å². The average Bonchev–Trinajstić information content (AvgIpc) is 3.38. The Balaban J connectivity index is 1.36. The number of hydrogen-bond acceptors (Lipinski definition) is 5. The van der Waals surface area contributed by atoms with E-state index in [1.165, 1.54) is 0 Å². The van der Waals surface area contributed by atoms with E-state index in [9.17, 15) is 19.5 Å². The maximum Gasteiger partial charge on any atom is 0.407 e. The lowest BCUT2D eigenvalue weighted by Crippen LogP contribution is -2.52. The second-order valence-corrected chi connectivity index (χ2v) is 7.96. The number of rotatable bonds is 7. The summed E-state index contributed by atoms with van der Waals surface area (Å²) in [6.07, 6.45) is -1.02. The molecular weight excluding hydrogens is 412 g/mol. The van der Waals surface area contributed by atoms with Crippen LogP contribution in [0.3, 0.4) is 0 Å². The van der Waals surface area contributed by atoms with Crippen LogP contribution < -0.4 is 10.6 Å². The third-order valence-electron chi connectivity index (χ3n) is 6.02. The van der Waals surface area contributed by atoms with E-state index in [1.54, 1.807) is 6.92 Å². The largest absolute Gasteiger partial charge is 0.479 e. The van der Waals surface area contributed by atoms with Gasteiger partial charge in [-0.15, -0.1) is 0 Å². The summed E-state index contributed by atoms with van der Waals surface area (Å²) in [4.78, 5) is 36.3. The highest BCUT2D eigenvalue weighted by Gasteiger charge is 2.36. The molecule has 2 aromatic carbocycles. The fraction of sp³-hybridized carbons (Fsp3) is 0.375. The van der Waals surface area contributed by atoms with Crippen molar-refractivity contribution in [1.29, 1.82) is 0 Å². The fourth-order valence-electron chi connectivity index (χ4n) is 4.40. The quantitative estimate of drug-likeness (QED) is 0.612. The van der Waals surface area contributed by atoms with Gasteiger partial charge in [-0.25, -0.2) is 9.59 Å². The number of carboxylic acids is 1. The second kappa shape index (κ2) is 9.40. The molecule has 8 nitrogen and oxygen atoms in total. The summed E-state index contributed by atoms with van der Waals surface area (Å²) in [5.41, 5.74) is 4.48. The minimum absolute atomic E-state index is 0.0750. The first-order chi connectivity index (χ1) is 15.5. The predicted octanol–water partition coefficient (Wildman–Crippen LogP) is 2.66. The average molecular weight is 438 g/mol. The standard InChI is InChI=1S/C24H26N2O6/c1-2-19(22(27)25-20-11-12-31-21(20)23(28)29)26-24(30)32-13-18-16-9-5-3-7-14(16)15-8-4-6-10-17(15)18/h3-10,18-21H,2,11-13H2,1H3,(H,25,27)(H,26,30)(H,28,29)/t19-,20-,21+/m1/s1. The molecule has 1 fully saturated rings. The highest BCUT2D eigenvalue weighted by Crippen LogP contribution is 2.44. The molecule has 2 aromatic rings. The van der Waals surface area contributed by atoms with Gasteiger partial charge in [0.25, 0.3) is 0 Å². The van der Waals surface area contributed by atoms with Gasteiger partial charge in [0.1, 0.15) is 12.6 Å². The molecule has 3 atom stereocenters. The van der Waals surface area contributed by atoms with Gasteiger partial charge in [-0.2, -0.15) is 0 Å². The number of carbonyl (C=O) groups excluding carboxylic acids is 2. The van der Waals surface area contributed by atoms with Gasteiger partial charge >= 0.3 is 12.1 Å². The predicted molar refractivity (Wildman–Crippen MR) is 116 cm³/mol. The smallest absolute Gasteiger partial charge is 0.407 e. The third kappa shape index (κ3) is 4.31. The maximum atomic E-state index is 12.6. The van der Waals surface area contributed by atoms with Gasteiger partial charge in [0.2, 0.25) is 5.91 Å². The van der Waals surface area contributed by atoms with E-state index in [0.717, 1.165) is 22.3 Å². The number of benzene rings is 2. The molecule has 1 saturated heterocycles. The van der Waals surface area contributed by atoms with Crippen molar-refractivity contribution in [2.45, 2.75) is 43.9 Å². The third-order valence-corrected chi connectivity index (χ3v) is 6.02. The number of carbonyl (C=O) groups is 3. The van der Waals surface area contributed by atoms with E-state index < -0.39 is 36.2 Å². The van der Waals surface area contributed by atoms with Crippen LogP contribution in [0.1, 0.15) is 36.8 Å². The lowest BCUT2D eigenvalue weighted by molar-refractivity contribution is -0.148. The number of carboxylic acid groups (broad SMARTS) is 1. The van der Waals surface area contributed by atoms with Gasteiger partial charge < -0.3 is 25.2 Å². The molecule has 2 amide bonds. The highest BCUT2D eigenvalue weighted by molar-refractivity contribution is 5.86.